The van der Waals surface area contributed by atoms with Crippen molar-refractivity contribution in [2.75, 3.05) is 28.4 Å². The standard InChI is InChI=1S/C21H38O5Si2/c1-9-14-21(23-3)18(11-10-15-28(21,24-4)25-5)17-12-13-19(20(16-17)22-2)26-27(6,7)8/h12-13,16,18H,9-11,14-15H2,1-8H3. The Bertz CT molecular complexity index is 642. The Balaban J connectivity index is 2.54. The topological polar surface area (TPSA) is 46.2 Å². The first-order valence-corrected chi connectivity index (χ1v) is 15.7. The first-order chi connectivity index (χ1) is 13.2. The van der Waals surface area contributed by atoms with E-state index < -0.39 is 22.1 Å². The summed E-state index contributed by atoms with van der Waals surface area (Å²) in [7, 11) is 2.82. The molecule has 1 aliphatic rings. The van der Waals surface area contributed by atoms with Gasteiger partial charge in [0.05, 0.1) is 7.11 Å². The van der Waals surface area contributed by atoms with E-state index in [1.807, 2.05) is 7.11 Å². The molecule has 0 spiro atoms. The lowest BCUT2D eigenvalue weighted by atomic mass is 9.85. The first-order valence-electron chi connectivity index (χ1n) is 10.2. The van der Waals surface area contributed by atoms with Gasteiger partial charge >= 0.3 is 8.56 Å². The second-order valence-electron chi connectivity index (χ2n) is 8.57. The number of rotatable bonds is 9. The third kappa shape index (κ3) is 4.33. The number of methoxy groups -OCH3 is 2. The van der Waals surface area contributed by atoms with Gasteiger partial charge in [-0.15, -0.1) is 0 Å². The lowest BCUT2D eigenvalue weighted by Crippen LogP contribution is -2.67. The molecule has 0 aromatic heterocycles. The van der Waals surface area contributed by atoms with Crippen LogP contribution in [0, 0.1) is 0 Å². The molecule has 7 heteroatoms. The van der Waals surface area contributed by atoms with Crippen molar-refractivity contribution in [1.29, 1.82) is 0 Å². The minimum absolute atomic E-state index is 0.201. The fourth-order valence-corrected chi connectivity index (χ4v) is 9.74. The van der Waals surface area contributed by atoms with Gasteiger partial charge in [-0.25, -0.2) is 0 Å². The van der Waals surface area contributed by atoms with Gasteiger partial charge in [0.2, 0.25) is 8.32 Å². The van der Waals surface area contributed by atoms with Crippen LogP contribution < -0.4 is 9.16 Å². The Labute approximate surface area is 173 Å². The van der Waals surface area contributed by atoms with Gasteiger partial charge in [0.1, 0.15) is 11.0 Å². The van der Waals surface area contributed by atoms with Crippen LogP contribution in [-0.4, -0.2) is 50.5 Å². The van der Waals surface area contributed by atoms with Crippen LogP contribution >= 0.6 is 0 Å². The van der Waals surface area contributed by atoms with Crippen LogP contribution in [0.2, 0.25) is 25.7 Å². The summed E-state index contributed by atoms with van der Waals surface area (Å²) < 4.78 is 30.5. The highest BCUT2D eigenvalue weighted by atomic mass is 28.4. The normalized spacial score (nSPS) is 24.8. The summed E-state index contributed by atoms with van der Waals surface area (Å²) in [6.07, 6.45) is 4.05. The zero-order valence-corrected chi connectivity index (χ0v) is 20.9. The van der Waals surface area contributed by atoms with E-state index in [-0.39, 0.29) is 5.92 Å². The third-order valence-electron chi connectivity index (χ3n) is 5.86. The maximum Gasteiger partial charge on any atom is 0.371 e. The minimum Gasteiger partial charge on any atom is -0.542 e. The monoisotopic (exact) mass is 426 g/mol. The number of benzene rings is 1. The maximum atomic E-state index is 6.31. The average Bonchev–Trinajstić information content (AvgIpc) is 2.67. The molecule has 1 aromatic carbocycles. The molecule has 5 nitrogen and oxygen atoms in total. The Morgan fingerprint density at radius 1 is 1.07 bits per heavy atom. The van der Waals surface area contributed by atoms with Crippen LogP contribution in [-0.2, 0) is 13.6 Å². The number of hydrogen-bond acceptors (Lipinski definition) is 5. The van der Waals surface area contributed by atoms with Gasteiger partial charge in [-0.3, -0.25) is 0 Å². The van der Waals surface area contributed by atoms with E-state index >= 15 is 0 Å². The highest BCUT2D eigenvalue weighted by Gasteiger charge is 2.63. The zero-order chi connectivity index (χ0) is 21.0. The summed E-state index contributed by atoms with van der Waals surface area (Å²) in [5.74, 6) is 1.81. The van der Waals surface area contributed by atoms with Gasteiger partial charge in [-0.1, -0.05) is 25.8 Å². The largest absolute Gasteiger partial charge is 0.542 e. The van der Waals surface area contributed by atoms with Crippen molar-refractivity contribution < 1.29 is 22.8 Å². The van der Waals surface area contributed by atoms with Crippen molar-refractivity contribution in [1.82, 2.24) is 0 Å². The van der Waals surface area contributed by atoms with Gasteiger partial charge in [-0.2, -0.15) is 0 Å². The molecular weight excluding hydrogens is 388 g/mol. The van der Waals surface area contributed by atoms with Crippen molar-refractivity contribution in [3.8, 4) is 11.5 Å². The Morgan fingerprint density at radius 3 is 2.25 bits per heavy atom. The average molecular weight is 427 g/mol. The fourth-order valence-electron chi connectivity index (χ4n) is 4.77. The first kappa shape index (κ1) is 23.4. The molecule has 0 bridgehead atoms. The Kier molecular flexibility index (Phi) is 7.78. The molecule has 1 aliphatic heterocycles. The van der Waals surface area contributed by atoms with E-state index in [0.717, 1.165) is 43.2 Å². The second-order valence-corrected chi connectivity index (χ2v) is 16.7. The molecule has 0 saturated carbocycles. The van der Waals surface area contributed by atoms with Gasteiger partial charge in [0.25, 0.3) is 0 Å². The van der Waals surface area contributed by atoms with Crippen LogP contribution in [0.1, 0.15) is 44.1 Å². The highest BCUT2D eigenvalue weighted by molar-refractivity contribution is 6.71. The summed E-state index contributed by atoms with van der Waals surface area (Å²) >= 11 is 0. The Hall–Kier alpha value is -0.866. The van der Waals surface area contributed by atoms with Crippen molar-refractivity contribution in [2.24, 2.45) is 0 Å². The van der Waals surface area contributed by atoms with Crippen molar-refractivity contribution in [3.05, 3.63) is 23.8 Å². The lowest BCUT2D eigenvalue weighted by Gasteiger charge is -2.52. The molecule has 0 N–H and O–H groups in total. The van der Waals surface area contributed by atoms with Crippen molar-refractivity contribution in [2.45, 2.75) is 69.4 Å². The van der Waals surface area contributed by atoms with Gasteiger partial charge in [0.15, 0.2) is 5.75 Å². The number of ether oxygens (including phenoxy) is 2. The van der Waals surface area contributed by atoms with E-state index in [2.05, 4.69) is 44.8 Å². The quantitative estimate of drug-likeness (QED) is 0.505. The highest BCUT2D eigenvalue weighted by Crippen LogP contribution is 2.51. The molecule has 160 valence electrons. The molecule has 1 saturated heterocycles. The maximum absolute atomic E-state index is 6.31. The minimum atomic E-state index is -2.54. The summed E-state index contributed by atoms with van der Waals surface area (Å²) in [5.41, 5.74) is 1.21. The van der Waals surface area contributed by atoms with Crippen LogP contribution in [0.5, 0.6) is 11.5 Å². The van der Waals surface area contributed by atoms with E-state index in [9.17, 15) is 0 Å². The predicted molar refractivity (Wildman–Crippen MR) is 118 cm³/mol. The van der Waals surface area contributed by atoms with E-state index in [0.29, 0.717) is 0 Å². The summed E-state index contributed by atoms with van der Waals surface area (Å²) in [6.45, 7) is 8.73. The van der Waals surface area contributed by atoms with E-state index in [4.69, 9.17) is 22.8 Å². The molecule has 2 rings (SSSR count). The van der Waals surface area contributed by atoms with Crippen molar-refractivity contribution >= 4 is 16.9 Å². The van der Waals surface area contributed by atoms with Gasteiger partial charge in [0, 0.05) is 27.2 Å². The predicted octanol–water partition coefficient (Wildman–Crippen LogP) is 5.25. The lowest BCUT2D eigenvalue weighted by molar-refractivity contribution is -0.0303. The SMILES string of the molecule is CCCC1(OC)C(c2ccc(O[Si](C)(C)C)c(OC)c2)CCC[Si]1(OC)OC. The second kappa shape index (κ2) is 9.30. The molecule has 2 unspecified atom stereocenters. The fraction of sp³-hybridized carbons (Fsp3) is 0.714. The van der Waals surface area contributed by atoms with Crippen LogP contribution in [0.4, 0.5) is 0 Å². The zero-order valence-electron chi connectivity index (χ0n) is 18.9. The molecule has 0 amide bonds. The van der Waals surface area contributed by atoms with E-state index in [1.165, 1.54) is 5.56 Å². The summed E-state index contributed by atoms with van der Waals surface area (Å²) in [4.78, 5) is 0. The molecule has 1 fully saturated rings. The van der Waals surface area contributed by atoms with E-state index in [1.54, 1.807) is 21.3 Å². The van der Waals surface area contributed by atoms with Gasteiger partial charge < -0.3 is 22.8 Å². The summed E-state index contributed by atoms with van der Waals surface area (Å²) in [6, 6.07) is 7.30. The van der Waals surface area contributed by atoms with Gasteiger partial charge in [-0.05, 0) is 56.2 Å². The van der Waals surface area contributed by atoms with Crippen LogP contribution in [0.25, 0.3) is 0 Å². The molecule has 28 heavy (non-hydrogen) atoms. The molecule has 0 radical (unpaired) electrons. The van der Waals surface area contributed by atoms with Crippen molar-refractivity contribution in [3.63, 3.8) is 0 Å². The molecule has 1 aromatic rings. The molecule has 1 heterocycles. The van der Waals surface area contributed by atoms with Crippen LogP contribution in [0.15, 0.2) is 18.2 Å². The third-order valence-corrected chi connectivity index (χ3v) is 11.1. The molecule has 2 atom stereocenters. The molecule has 0 aliphatic carbocycles. The Morgan fingerprint density at radius 2 is 1.75 bits per heavy atom. The smallest absolute Gasteiger partial charge is 0.371 e. The molecular formula is C21H38O5Si2. The summed E-state index contributed by atoms with van der Waals surface area (Å²) in [5, 5.41) is -0.421. The van der Waals surface area contributed by atoms with Crippen LogP contribution in [0.3, 0.4) is 0 Å². The number of hydrogen-bond donors (Lipinski definition) is 0.